The van der Waals surface area contributed by atoms with Crippen LogP contribution in [0.2, 0.25) is 0 Å². The third kappa shape index (κ3) is 5.66. The molecule has 162 valence electrons. The fraction of sp³-hybridized carbons (Fsp3) is 0.348. The number of anilines is 1. The Morgan fingerprint density at radius 3 is 2.26 bits per heavy atom. The van der Waals surface area contributed by atoms with Crippen molar-refractivity contribution >= 4 is 40.8 Å². The van der Waals surface area contributed by atoms with Gasteiger partial charge in [0.1, 0.15) is 0 Å². The predicted octanol–water partition coefficient (Wildman–Crippen LogP) is 5.93. The molecule has 31 heavy (non-hydrogen) atoms. The summed E-state index contributed by atoms with van der Waals surface area (Å²) in [5, 5.41) is 3.29. The molecule has 0 bridgehead atoms. The van der Waals surface area contributed by atoms with Gasteiger partial charge in [-0.05, 0) is 44.0 Å². The first kappa shape index (κ1) is 22.3. The van der Waals surface area contributed by atoms with Crippen molar-refractivity contribution in [2.75, 3.05) is 25.5 Å². The van der Waals surface area contributed by atoms with Gasteiger partial charge in [0, 0.05) is 18.2 Å². The molecule has 1 atom stereocenters. The van der Waals surface area contributed by atoms with E-state index in [0.717, 1.165) is 36.2 Å². The Morgan fingerprint density at radius 1 is 0.935 bits per heavy atom. The van der Waals surface area contributed by atoms with Crippen LogP contribution in [0.25, 0.3) is 22.5 Å². The number of halogens is 3. The topological polar surface area (TPSA) is 53.9 Å². The van der Waals surface area contributed by atoms with Gasteiger partial charge in [-0.25, -0.2) is 4.98 Å². The molecule has 1 unspecified atom stereocenters. The van der Waals surface area contributed by atoms with E-state index < -0.39 is 3.79 Å². The fourth-order valence-corrected chi connectivity index (χ4v) is 4.10. The number of aromatic nitrogens is 3. The van der Waals surface area contributed by atoms with Crippen LogP contribution < -0.4 is 5.32 Å². The molecule has 1 saturated heterocycles. The molecule has 1 fully saturated rings. The minimum Gasteiger partial charge on any atom is -0.354 e. The summed E-state index contributed by atoms with van der Waals surface area (Å²) >= 11 is 18.3. The monoisotopic (exact) mass is 475 g/mol. The lowest BCUT2D eigenvalue weighted by molar-refractivity contribution is 0.301. The Bertz CT molecular complexity index is 1010. The summed E-state index contributed by atoms with van der Waals surface area (Å²) in [6, 6.07) is 18.8. The summed E-state index contributed by atoms with van der Waals surface area (Å²) in [5.41, 5.74) is 3.08. The van der Waals surface area contributed by atoms with Gasteiger partial charge in [0.05, 0.1) is 0 Å². The molecule has 0 spiro atoms. The minimum atomic E-state index is -1.73. The maximum atomic E-state index is 6.10. The molecule has 1 aliphatic rings. The number of rotatable bonds is 6. The summed E-state index contributed by atoms with van der Waals surface area (Å²) in [6.45, 7) is 1.89. The van der Waals surface area contributed by atoms with Crippen molar-refractivity contribution < 1.29 is 0 Å². The zero-order chi connectivity index (χ0) is 21.8. The van der Waals surface area contributed by atoms with E-state index in [9.17, 15) is 0 Å². The Kier molecular flexibility index (Phi) is 6.97. The number of nitrogens with zero attached hydrogens (tertiary/aromatic N) is 4. The van der Waals surface area contributed by atoms with Crippen LogP contribution in [0.4, 0.5) is 5.95 Å². The van der Waals surface area contributed by atoms with Crippen molar-refractivity contribution in [2.45, 2.75) is 29.1 Å². The largest absolute Gasteiger partial charge is 0.354 e. The van der Waals surface area contributed by atoms with Crippen LogP contribution in [0.1, 0.15) is 25.1 Å². The first-order valence-corrected chi connectivity index (χ1v) is 11.5. The zero-order valence-corrected chi connectivity index (χ0v) is 19.5. The molecule has 0 radical (unpaired) electrons. The first-order chi connectivity index (χ1) is 14.9. The second-order valence-electron chi connectivity index (χ2n) is 7.74. The van der Waals surface area contributed by atoms with E-state index in [1.807, 2.05) is 42.5 Å². The molecule has 3 aromatic rings. The van der Waals surface area contributed by atoms with Gasteiger partial charge in [-0.1, -0.05) is 89.4 Å². The van der Waals surface area contributed by atoms with Gasteiger partial charge >= 0.3 is 0 Å². The Balaban J connectivity index is 1.55. The van der Waals surface area contributed by atoms with Gasteiger partial charge in [-0.3, -0.25) is 0 Å². The fourth-order valence-electron chi connectivity index (χ4n) is 3.85. The number of hydrogen-bond acceptors (Lipinski definition) is 5. The summed E-state index contributed by atoms with van der Waals surface area (Å²) in [7, 11) is 2.17. The predicted molar refractivity (Wildman–Crippen MR) is 129 cm³/mol. The average Bonchev–Trinajstić information content (AvgIpc) is 3.18. The Morgan fingerprint density at radius 2 is 1.61 bits per heavy atom. The molecule has 0 saturated carbocycles. The second-order valence-corrected chi connectivity index (χ2v) is 10.0. The van der Waals surface area contributed by atoms with Crippen molar-refractivity contribution in [1.29, 1.82) is 0 Å². The standard InChI is InChI=1S/C23H24Cl3N5/c1-31-15-5-8-19(31)13-14-27-22-29-20(28-21(30-22)23(24,25)26)18-11-9-17(10-12-18)16-6-3-2-4-7-16/h2-4,6-7,9-12,19H,5,8,13-15H2,1H3,(H,27,28,29,30). The van der Waals surface area contributed by atoms with Crippen molar-refractivity contribution in [3.8, 4) is 22.5 Å². The normalized spacial score (nSPS) is 17.1. The van der Waals surface area contributed by atoms with Crippen LogP contribution in [0.5, 0.6) is 0 Å². The first-order valence-electron chi connectivity index (χ1n) is 10.3. The van der Waals surface area contributed by atoms with Crippen LogP contribution in [0.3, 0.4) is 0 Å². The number of hydrogen-bond donors (Lipinski definition) is 1. The molecule has 2 aromatic carbocycles. The summed E-state index contributed by atoms with van der Waals surface area (Å²) < 4.78 is -1.73. The third-order valence-electron chi connectivity index (χ3n) is 5.57. The van der Waals surface area contributed by atoms with Crippen molar-refractivity contribution in [2.24, 2.45) is 0 Å². The number of benzene rings is 2. The highest BCUT2D eigenvalue weighted by Crippen LogP contribution is 2.37. The van der Waals surface area contributed by atoms with Gasteiger partial charge in [0.15, 0.2) is 11.6 Å². The van der Waals surface area contributed by atoms with Crippen molar-refractivity contribution in [3.63, 3.8) is 0 Å². The Hall–Kier alpha value is -1.92. The van der Waals surface area contributed by atoms with Crippen LogP contribution in [0, 0.1) is 0 Å². The van der Waals surface area contributed by atoms with Crippen LogP contribution in [-0.2, 0) is 3.79 Å². The van der Waals surface area contributed by atoms with Gasteiger partial charge in [-0.15, -0.1) is 0 Å². The van der Waals surface area contributed by atoms with Crippen LogP contribution >= 0.6 is 34.8 Å². The Labute approximate surface area is 197 Å². The molecule has 0 aliphatic carbocycles. The maximum absolute atomic E-state index is 6.10. The summed E-state index contributed by atoms with van der Waals surface area (Å²) in [4.78, 5) is 15.7. The lowest BCUT2D eigenvalue weighted by atomic mass is 10.0. The van der Waals surface area contributed by atoms with Crippen molar-refractivity contribution in [3.05, 3.63) is 60.4 Å². The van der Waals surface area contributed by atoms with E-state index in [0.29, 0.717) is 17.8 Å². The molecule has 2 heterocycles. The maximum Gasteiger partial charge on any atom is 0.250 e. The molecular weight excluding hydrogens is 453 g/mol. The molecule has 1 aromatic heterocycles. The summed E-state index contributed by atoms with van der Waals surface area (Å²) in [5.74, 6) is 0.991. The van der Waals surface area contributed by atoms with E-state index in [4.69, 9.17) is 34.8 Å². The number of likely N-dealkylation sites (tertiary alicyclic amines) is 1. The molecule has 1 aliphatic heterocycles. The highest BCUT2D eigenvalue weighted by molar-refractivity contribution is 6.66. The number of nitrogens with one attached hydrogen (secondary N) is 1. The van der Waals surface area contributed by atoms with Crippen LogP contribution in [0.15, 0.2) is 54.6 Å². The molecule has 1 N–H and O–H groups in total. The van der Waals surface area contributed by atoms with E-state index in [2.05, 4.69) is 44.3 Å². The zero-order valence-electron chi connectivity index (χ0n) is 17.2. The van der Waals surface area contributed by atoms with Crippen molar-refractivity contribution in [1.82, 2.24) is 19.9 Å². The smallest absolute Gasteiger partial charge is 0.250 e. The summed E-state index contributed by atoms with van der Waals surface area (Å²) in [6.07, 6.45) is 3.47. The third-order valence-corrected chi connectivity index (χ3v) is 6.08. The molecular formula is C23H24Cl3N5. The molecule has 0 amide bonds. The number of alkyl halides is 3. The molecule has 8 heteroatoms. The molecule has 4 rings (SSSR count). The van der Waals surface area contributed by atoms with E-state index >= 15 is 0 Å². The highest BCUT2D eigenvalue weighted by atomic mass is 35.6. The average molecular weight is 477 g/mol. The lowest BCUT2D eigenvalue weighted by Crippen LogP contribution is -2.27. The highest BCUT2D eigenvalue weighted by Gasteiger charge is 2.28. The van der Waals surface area contributed by atoms with Gasteiger partial charge in [-0.2, -0.15) is 9.97 Å². The van der Waals surface area contributed by atoms with Gasteiger partial charge < -0.3 is 10.2 Å². The second kappa shape index (κ2) is 9.70. The minimum absolute atomic E-state index is 0.107. The van der Waals surface area contributed by atoms with Crippen LogP contribution in [-0.4, -0.2) is 46.0 Å². The van der Waals surface area contributed by atoms with Gasteiger partial charge in [0.25, 0.3) is 0 Å². The van der Waals surface area contributed by atoms with E-state index in [-0.39, 0.29) is 5.82 Å². The quantitative estimate of drug-likeness (QED) is 0.447. The lowest BCUT2D eigenvalue weighted by Gasteiger charge is -2.19. The molecule has 5 nitrogen and oxygen atoms in total. The van der Waals surface area contributed by atoms with Gasteiger partial charge in [0.2, 0.25) is 9.74 Å². The van der Waals surface area contributed by atoms with E-state index in [1.165, 1.54) is 12.8 Å². The SMILES string of the molecule is CN1CCCC1CCNc1nc(-c2ccc(-c3ccccc3)cc2)nc(C(Cl)(Cl)Cl)n1. The van der Waals surface area contributed by atoms with E-state index in [1.54, 1.807) is 0 Å².